The van der Waals surface area contributed by atoms with Crippen molar-refractivity contribution in [3.05, 3.63) is 47.0 Å². The largest absolute Gasteiger partial charge is 0.467 e. The maximum absolute atomic E-state index is 14.0. The van der Waals surface area contributed by atoms with E-state index in [1.165, 1.54) is 5.56 Å². The molecule has 1 N–H and O–H groups in total. The van der Waals surface area contributed by atoms with E-state index < -0.39 is 0 Å². The summed E-state index contributed by atoms with van der Waals surface area (Å²) in [6, 6.07) is 5.85. The normalized spacial score (nSPS) is 18.3. The zero-order valence-electron chi connectivity index (χ0n) is 19.2. The Morgan fingerprint density at radius 1 is 1.34 bits per heavy atom. The third-order valence-electron chi connectivity index (χ3n) is 6.38. The van der Waals surface area contributed by atoms with Crippen molar-refractivity contribution in [1.29, 1.82) is 0 Å². The molecule has 2 aromatic heterocycles. The van der Waals surface area contributed by atoms with Gasteiger partial charge in [-0.3, -0.25) is 9.59 Å². The number of carbonyl (C=O) groups is 2. The molecule has 4 rings (SSSR count). The second kappa shape index (κ2) is 10.2. The molecule has 2 amide bonds. The molecular weight excluding hydrogens is 404 g/mol. The van der Waals surface area contributed by atoms with Gasteiger partial charge in [-0.2, -0.15) is 0 Å². The summed E-state index contributed by atoms with van der Waals surface area (Å²) < 4.78 is 5.46. The lowest BCUT2D eigenvalue weighted by Crippen LogP contribution is -2.51. The topological polar surface area (TPSA) is 78.7 Å². The Bertz CT molecular complexity index is 926. The standard InChI is InChI=1S/C25H34N4O3/c1-18(2)15-29(20-8-5-11-28(16-20)17-30)25(31)22-13-19-7-3-4-10-23(19)27-24(22)26-14-21-9-6-12-32-21/h6,9,12-13,17-18,20H,3-5,7-8,10-11,14-16H2,1-2H3,(H,26,27). The van der Waals surface area contributed by atoms with Crippen LogP contribution in [0, 0.1) is 5.92 Å². The highest BCUT2D eigenvalue weighted by Gasteiger charge is 2.31. The second-order valence-corrected chi connectivity index (χ2v) is 9.38. The van der Waals surface area contributed by atoms with Crippen LogP contribution in [-0.2, 0) is 24.2 Å². The Morgan fingerprint density at radius 3 is 2.94 bits per heavy atom. The minimum absolute atomic E-state index is 0.000678. The van der Waals surface area contributed by atoms with E-state index in [9.17, 15) is 9.59 Å². The van der Waals surface area contributed by atoms with Crippen molar-refractivity contribution in [3.63, 3.8) is 0 Å². The molecule has 2 aliphatic rings. The highest BCUT2D eigenvalue weighted by atomic mass is 16.3. The van der Waals surface area contributed by atoms with Gasteiger partial charge in [-0.05, 0) is 68.2 Å². The summed E-state index contributed by atoms with van der Waals surface area (Å²) in [6.45, 7) is 6.75. The molecule has 7 nitrogen and oxygen atoms in total. The van der Waals surface area contributed by atoms with Crippen LogP contribution in [0.2, 0.25) is 0 Å². The molecule has 3 heterocycles. The van der Waals surface area contributed by atoms with Crippen LogP contribution in [0.25, 0.3) is 0 Å². The molecule has 0 radical (unpaired) electrons. The average molecular weight is 439 g/mol. The van der Waals surface area contributed by atoms with Crippen LogP contribution in [-0.4, -0.2) is 52.8 Å². The van der Waals surface area contributed by atoms with Crippen molar-refractivity contribution < 1.29 is 14.0 Å². The van der Waals surface area contributed by atoms with E-state index in [4.69, 9.17) is 9.40 Å². The lowest BCUT2D eigenvalue weighted by Gasteiger charge is -2.39. The molecule has 0 saturated carbocycles. The maximum Gasteiger partial charge on any atom is 0.257 e. The third-order valence-corrected chi connectivity index (χ3v) is 6.38. The molecule has 172 valence electrons. The number of amides is 2. The van der Waals surface area contributed by atoms with Gasteiger partial charge in [0, 0.05) is 31.4 Å². The summed E-state index contributed by atoms with van der Waals surface area (Å²) in [6.07, 6.45) is 8.56. The first-order valence-corrected chi connectivity index (χ1v) is 11.8. The molecule has 0 aromatic carbocycles. The summed E-state index contributed by atoms with van der Waals surface area (Å²) in [5.74, 6) is 1.76. The van der Waals surface area contributed by atoms with Gasteiger partial charge in [-0.25, -0.2) is 4.98 Å². The first-order valence-electron chi connectivity index (χ1n) is 11.8. The average Bonchev–Trinajstić information content (AvgIpc) is 3.34. The Morgan fingerprint density at radius 2 is 2.19 bits per heavy atom. The highest BCUT2D eigenvalue weighted by molar-refractivity contribution is 5.99. The van der Waals surface area contributed by atoms with Gasteiger partial charge in [-0.1, -0.05) is 13.8 Å². The molecule has 1 unspecified atom stereocenters. The first-order chi connectivity index (χ1) is 15.5. The molecular formula is C25H34N4O3. The summed E-state index contributed by atoms with van der Waals surface area (Å²) in [5.41, 5.74) is 2.90. The fourth-order valence-electron chi connectivity index (χ4n) is 4.79. The number of hydrogen-bond donors (Lipinski definition) is 1. The van der Waals surface area contributed by atoms with Gasteiger partial charge in [0.05, 0.1) is 18.4 Å². The number of hydrogen-bond acceptors (Lipinski definition) is 5. The van der Waals surface area contributed by atoms with Crippen molar-refractivity contribution in [2.45, 2.75) is 65.0 Å². The zero-order valence-corrected chi connectivity index (χ0v) is 19.2. The Labute approximate surface area is 190 Å². The smallest absolute Gasteiger partial charge is 0.257 e. The van der Waals surface area contributed by atoms with Crippen LogP contribution in [0.5, 0.6) is 0 Å². The molecule has 32 heavy (non-hydrogen) atoms. The minimum Gasteiger partial charge on any atom is -0.467 e. The molecule has 1 saturated heterocycles. The quantitative estimate of drug-likeness (QED) is 0.633. The number of aromatic nitrogens is 1. The van der Waals surface area contributed by atoms with E-state index in [1.54, 1.807) is 11.2 Å². The molecule has 1 fully saturated rings. The number of furan rings is 1. The van der Waals surface area contributed by atoms with Gasteiger partial charge in [0.2, 0.25) is 6.41 Å². The van der Waals surface area contributed by atoms with Gasteiger partial charge in [-0.15, -0.1) is 0 Å². The minimum atomic E-state index is -0.000678. The van der Waals surface area contributed by atoms with Gasteiger partial charge in [0.25, 0.3) is 5.91 Å². The fraction of sp³-hybridized carbons (Fsp3) is 0.560. The van der Waals surface area contributed by atoms with Crippen LogP contribution in [0.4, 0.5) is 5.82 Å². The highest BCUT2D eigenvalue weighted by Crippen LogP contribution is 2.28. The number of fused-ring (bicyclic) bond motifs is 1. The molecule has 7 heteroatoms. The second-order valence-electron chi connectivity index (χ2n) is 9.38. The van der Waals surface area contributed by atoms with Crippen LogP contribution < -0.4 is 5.32 Å². The van der Waals surface area contributed by atoms with E-state index >= 15 is 0 Å². The number of piperidine rings is 1. The number of nitrogens with one attached hydrogen (secondary N) is 1. The molecule has 2 aromatic rings. The Hall–Kier alpha value is -2.83. The third kappa shape index (κ3) is 5.14. The Balaban J connectivity index is 1.65. The molecule has 1 aliphatic heterocycles. The van der Waals surface area contributed by atoms with E-state index in [0.29, 0.717) is 36.9 Å². The van der Waals surface area contributed by atoms with Crippen molar-refractivity contribution in [2.75, 3.05) is 25.0 Å². The van der Waals surface area contributed by atoms with E-state index in [-0.39, 0.29) is 11.9 Å². The molecule has 0 spiro atoms. The van der Waals surface area contributed by atoms with Crippen molar-refractivity contribution in [2.24, 2.45) is 5.92 Å². The summed E-state index contributed by atoms with van der Waals surface area (Å²) in [4.78, 5) is 34.0. The molecule has 0 bridgehead atoms. The zero-order chi connectivity index (χ0) is 22.5. The predicted octanol–water partition coefficient (Wildman–Crippen LogP) is 3.88. The number of pyridine rings is 1. The van der Waals surface area contributed by atoms with Gasteiger partial charge >= 0.3 is 0 Å². The van der Waals surface area contributed by atoms with Crippen molar-refractivity contribution in [3.8, 4) is 0 Å². The van der Waals surface area contributed by atoms with Gasteiger partial charge < -0.3 is 19.5 Å². The molecule has 1 atom stereocenters. The van der Waals surface area contributed by atoms with Crippen LogP contribution in [0.1, 0.15) is 66.9 Å². The number of likely N-dealkylation sites (tertiary alicyclic amines) is 1. The SMILES string of the molecule is CC(C)CN(C(=O)c1cc2c(nc1NCc1ccco1)CCCC2)C1CCCN(C=O)C1. The monoisotopic (exact) mass is 438 g/mol. The first kappa shape index (κ1) is 22.4. The van der Waals surface area contributed by atoms with Gasteiger partial charge in [0.1, 0.15) is 11.6 Å². The lowest BCUT2D eigenvalue weighted by molar-refractivity contribution is -0.120. The number of anilines is 1. The van der Waals surface area contributed by atoms with Crippen LogP contribution >= 0.6 is 0 Å². The lowest BCUT2D eigenvalue weighted by atomic mass is 9.94. The number of carbonyl (C=O) groups excluding carboxylic acids is 2. The van der Waals surface area contributed by atoms with Crippen molar-refractivity contribution >= 4 is 18.1 Å². The summed E-state index contributed by atoms with van der Waals surface area (Å²) >= 11 is 0. The van der Waals surface area contributed by atoms with Crippen LogP contribution in [0.15, 0.2) is 28.9 Å². The van der Waals surface area contributed by atoms with E-state index in [2.05, 4.69) is 25.2 Å². The number of aryl methyl sites for hydroxylation is 2. The van der Waals surface area contributed by atoms with Gasteiger partial charge in [0.15, 0.2) is 0 Å². The van der Waals surface area contributed by atoms with Crippen LogP contribution in [0.3, 0.4) is 0 Å². The fourth-order valence-corrected chi connectivity index (χ4v) is 4.79. The van der Waals surface area contributed by atoms with Crippen molar-refractivity contribution in [1.82, 2.24) is 14.8 Å². The van der Waals surface area contributed by atoms with E-state index in [1.807, 2.05) is 17.0 Å². The number of nitrogens with zero attached hydrogens (tertiary/aromatic N) is 3. The van der Waals surface area contributed by atoms with E-state index in [0.717, 1.165) is 62.9 Å². The maximum atomic E-state index is 14.0. The number of rotatable bonds is 8. The Kier molecular flexibility index (Phi) is 7.12. The summed E-state index contributed by atoms with van der Waals surface area (Å²) in [7, 11) is 0. The predicted molar refractivity (Wildman–Crippen MR) is 123 cm³/mol. The molecule has 1 aliphatic carbocycles. The summed E-state index contributed by atoms with van der Waals surface area (Å²) in [5, 5.41) is 3.36.